The second-order valence-corrected chi connectivity index (χ2v) is 4.89. The highest BCUT2D eigenvalue weighted by Gasteiger charge is 2.14. The van der Waals surface area contributed by atoms with Gasteiger partial charge in [-0.25, -0.2) is 9.79 Å². The van der Waals surface area contributed by atoms with E-state index in [1.165, 1.54) is 0 Å². The van der Waals surface area contributed by atoms with Crippen LogP contribution in [0.25, 0.3) is 5.70 Å². The summed E-state index contributed by atoms with van der Waals surface area (Å²) >= 11 is 6.12. The number of aliphatic carboxylic acids is 1. The van der Waals surface area contributed by atoms with E-state index in [9.17, 15) is 4.79 Å². The summed E-state index contributed by atoms with van der Waals surface area (Å²) in [5.41, 5.74) is 2.58. The normalized spacial score (nSPS) is 17.9. The maximum absolute atomic E-state index is 11.1. The van der Waals surface area contributed by atoms with Crippen molar-refractivity contribution in [3.05, 3.63) is 76.9 Å². The predicted molar refractivity (Wildman–Crippen MR) is 86.5 cm³/mol. The number of benzene rings is 1. The largest absolute Gasteiger partial charge is 0.478 e. The maximum atomic E-state index is 11.1. The van der Waals surface area contributed by atoms with Crippen LogP contribution in [0.15, 0.2) is 71.3 Å². The van der Waals surface area contributed by atoms with Gasteiger partial charge in [-0.3, -0.25) is 0 Å². The average Bonchev–Trinajstić information content (AvgIpc) is 2.47. The van der Waals surface area contributed by atoms with Gasteiger partial charge >= 0.3 is 5.97 Å². The molecule has 1 N–H and O–H groups in total. The number of halogens is 1. The maximum Gasteiger partial charge on any atom is 0.331 e. The van der Waals surface area contributed by atoms with Crippen molar-refractivity contribution in [1.82, 2.24) is 0 Å². The van der Waals surface area contributed by atoms with E-state index in [1.807, 2.05) is 18.2 Å². The fourth-order valence-corrected chi connectivity index (χ4v) is 2.15. The summed E-state index contributed by atoms with van der Waals surface area (Å²) in [6.07, 6.45) is 7.06. The number of carbonyl (C=O) groups is 1. The third-order valence-corrected chi connectivity index (χ3v) is 3.40. The molecule has 0 heterocycles. The van der Waals surface area contributed by atoms with Crippen molar-refractivity contribution >= 4 is 29.0 Å². The Morgan fingerprint density at radius 3 is 2.57 bits per heavy atom. The lowest BCUT2D eigenvalue weighted by Crippen LogP contribution is -2.08. The van der Waals surface area contributed by atoms with Crippen LogP contribution in [0.5, 0.6) is 0 Å². The van der Waals surface area contributed by atoms with Crippen molar-refractivity contribution in [1.29, 1.82) is 0 Å². The molecule has 0 aromatic heterocycles. The highest BCUT2D eigenvalue weighted by atomic mass is 35.5. The van der Waals surface area contributed by atoms with Crippen molar-refractivity contribution in [3.8, 4) is 0 Å². The molecule has 1 aromatic rings. The van der Waals surface area contributed by atoms with Gasteiger partial charge in [0.1, 0.15) is 0 Å². The van der Waals surface area contributed by atoms with Gasteiger partial charge in [-0.15, -0.1) is 0 Å². The first kappa shape index (κ1) is 15.0. The molecular formula is C17H14ClNO2. The van der Waals surface area contributed by atoms with Crippen LogP contribution >= 0.6 is 11.6 Å². The number of allylic oxidation sites excluding steroid dienone is 5. The zero-order chi connectivity index (χ0) is 15.4. The van der Waals surface area contributed by atoms with Crippen molar-refractivity contribution in [2.24, 2.45) is 4.99 Å². The SMILES string of the molecule is C=C(N=C1C=CC=C/C1=C(/C)C(=O)O)c1ccccc1Cl. The number of nitrogens with zero attached hydrogens (tertiary/aromatic N) is 1. The molecule has 0 saturated carbocycles. The molecule has 1 aliphatic carbocycles. The Bertz CT molecular complexity index is 724. The Hall–Kier alpha value is -2.39. The van der Waals surface area contributed by atoms with Gasteiger partial charge in [0.15, 0.2) is 0 Å². The molecule has 2 rings (SSSR count). The van der Waals surface area contributed by atoms with Crippen LogP contribution in [0.2, 0.25) is 5.02 Å². The molecule has 0 aliphatic heterocycles. The van der Waals surface area contributed by atoms with Gasteiger partial charge in [0.25, 0.3) is 0 Å². The van der Waals surface area contributed by atoms with Crippen molar-refractivity contribution in [2.75, 3.05) is 0 Å². The van der Waals surface area contributed by atoms with Crippen LogP contribution in [0, 0.1) is 0 Å². The van der Waals surface area contributed by atoms with Gasteiger partial charge < -0.3 is 5.11 Å². The number of aliphatic imine (C=N–C) groups is 1. The van der Waals surface area contributed by atoms with Crippen LogP contribution < -0.4 is 0 Å². The standard InChI is InChI=1S/C17H14ClNO2/c1-11(17(20)21)13-7-4-6-10-16(13)19-12(2)14-8-3-5-9-15(14)18/h3-10H,2H2,1H3,(H,20,21)/b13-11+,19-16?. The summed E-state index contributed by atoms with van der Waals surface area (Å²) in [7, 11) is 0. The smallest absolute Gasteiger partial charge is 0.331 e. The highest BCUT2D eigenvalue weighted by Crippen LogP contribution is 2.25. The second-order valence-electron chi connectivity index (χ2n) is 4.49. The van der Waals surface area contributed by atoms with Crippen molar-refractivity contribution in [3.63, 3.8) is 0 Å². The molecule has 0 bridgehead atoms. The van der Waals surface area contributed by atoms with Gasteiger partial charge in [-0.2, -0.15) is 0 Å². The Morgan fingerprint density at radius 1 is 1.24 bits per heavy atom. The molecule has 0 unspecified atom stereocenters. The minimum atomic E-state index is -0.971. The summed E-state index contributed by atoms with van der Waals surface area (Å²) in [4.78, 5) is 15.6. The van der Waals surface area contributed by atoms with Gasteiger partial charge in [-0.05, 0) is 19.1 Å². The number of carboxylic acids is 1. The fraction of sp³-hybridized carbons (Fsp3) is 0.0588. The molecule has 0 amide bonds. The molecule has 3 nitrogen and oxygen atoms in total. The molecule has 21 heavy (non-hydrogen) atoms. The molecule has 0 atom stereocenters. The monoisotopic (exact) mass is 299 g/mol. The summed E-state index contributed by atoms with van der Waals surface area (Å²) in [5, 5.41) is 9.69. The van der Waals surface area contributed by atoms with E-state index >= 15 is 0 Å². The molecule has 1 aromatic carbocycles. The third-order valence-electron chi connectivity index (χ3n) is 3.07. The van der Waals surface area contributed by atoms with E-state index < -0.39 is 5.97 Å². The topological polar surface area (TPSA) is 49.7 Å². The number of hydrogen-bond donors (Lipinski definition) is 1. The lowest BCUT2D eigenvalue weighted by molar-refractivity contribution is -0.132. The van der Waals surface area contributed by atoms with Crippen LogP contribution in [0.4, 0.5) is 0 Å². The van der Waals surface area contributed by atoms with Crippen LogP contribution in [0.3, 0.4) is 0 Å². The van der Waals surface area contributed by atoms with Crippen LogP contribution in [-0.2, 0) is 4.79 Å². The van der Waals surface area contributed by atoms with Crippen molar-refractivity contribution in [2.45, 2.75) is 6.92 Å². The summed E-state index contributed by atoms with van der Waals surface area (Å²) in [5.74, 6) is -0.971. The van der Waals surface area contributed by atoms with Gasteiger partial charge in [0.2, 0.25) is 0 Å². The third kappa shape index (κ3) is 3.38. The van der Waals surface area contributed by atoms with E-state index in [4.69, 9.17) is 16.7 Å². The number of carboxylic acid groups (broad SMARTS) is 1. The zero-order valence-corrected chi connectivity index (χ0v) is 12.3. The van der Waals surface area contributed by atoms with Gasteiger partial charge in [0.05, 0.1) is 11.4 Å². The predicted octanol–water partition coefficient (Wildman–Crippen LogP) is 4.28. The van der Waals surface area contributed by atoms with E-state index in [0.29, 0.717) is 22.0 Å². The Balaban J connectivity index is 2.44. The minimum absolute atomic E-state index is 0.237. The molecule has 0 fully saturated rings. The second kappa shape index (κ2) is 6.37. The fourth-order valence-electron chi connectivity index (χ4n) is 1.90. The molecule has 1 aliphatic rings. The molecule has 4 heteroatoms. The molecule has 0 saturated heterocycles. The minimum Gasteiger partial charge on any atom is -0.478 e. The van der Waals surface area contributed by atoms with Gasteiger partial charge in [-0.1, -0.05) is 54.6 Å². The summed E-state index contributed by atoms with van der Waals surface area (Å²) in [6.45, 7) is 5.47. The Labute approximate surface area is 128 Å². The zero-order valence-electron chi connectivity index (χ0n) is 11.5. The first-order valence-corrected chi connectivity index (χ1v) is 6.70. The lowest BCUT2D eigenvalue weighted by Gasteiger charge is -2.11. The first-order valence-electron chi connectivity index (χ1n) is 6.32. The van der Waals surface area contributed by atoms with E-state index in [2.05, 4.69) is 11.6 Å². The van der Waals surface area contributed by atoms with Crippen molar-refractivity contribution < 1.29 is 9.90 Å². The van der Waals surface area contributed by atoms with Gasteiger partial charge in [0, 0.05) is 21.7 Å². The summed E-state index contributed by atoms with van der Waals surface area (Å²) < 4.78 is 0. The quantitative estimate of drug-likeness (QED) is 0.847. The Kier molecular flexibility index (Phi) is 4.55. The number of rotatable bonds is 3. The lowest BCUT2D eigenvalue weighted by atomic mass is 9.99. The van der Waals surface area contributed by atoms with E-state index in [1.54, 1.807) is 37.3 Å². The van der Waals surface area contributed by atoms with Crippen LogP contribution in [0.1, 0.15) is 12.5 Å². The summed E-state index contributed by atoms with van der Waals surface area (Å²) in [6, 6.07) is 7.26. The highest BCUT2D eigenvalue weighted by molar-refractivity contribution is 6.32. The first-order chi connectivity index (χ1) is 10.0. The molecular weight excluding hydrogens is 286 g/mol. The molecule has 106 valence electrons. The number of hydrogen-bond acceptors (Lipinski definition) is 2. The molecule has 0 radical (unpaired) electrons. The Morgan fingerprint density at radius 2 is 1.90 bits per heavy atom. The molecule has 0 spiro atoms. The van der Waals surface area contributed by atoms with E-state index in [-0.39, 0.29) is 5.57 Å². The van der Waals surface area contributed by atoms with E-state index in [0.717, 1.165) is 5.56 Å². The average molecular weight is 300 g/mol. The van der Waals surface area contributed by atoms with Crippen LogP contribution in [-0.4, -0.2) is 16.8 Å².